The molecule has 19 heavy (non-hydrogen) atoms. The average molecular weight is 265 g/mol. The summed E-state index contributed by atoms with van der Waals surface area (Å²) in [6.45, 7) is 2.18. The van der Waals surface area contributed by atoms with Crippen molar-refractivity contribution in [3.8, 4) is 5.75 Å². The lowest BCUT2D eigenvalue weighted by molar-refractivity contribution is -0.154. The van der Waals surface area contributed by atoms with Crippen molar-refractivity contribution in [2.24, 2.45) is 0 Å². The number of hydrogen-bond donors (Lipinski definition) is 2. The number of hydrogen-bond acceptors (Lipinski definition) is 4. The SMILES string of the molecule is Cc1cccc(C(=O)N2CCOC(C(=O)O)C2)c1O. The van der Waals surface area contributed by atoms with Crippen LogP contribution in [0.25, 0.3) is 0 Å². The predicted molar refractivity (Wildman–Crippen MR) is 66.1 cm³/mol. The number of amides is 1. The van der Waals surface area contributed by atoms with Crippen LogP contribution in [0.2, 0.25) is 0 Å². The maximum Gasteiger partial charge on any atom is 0.334 e. The number of para-hydroxylation sites is 1. The molecule has 2 rings (SSSR count). The van der Waals surface area contributed by atoms with Crippen molar-refractivity contribution in [3.05, 3.63) is 29.3 Å². The van der Waals surface area contributed by atoms with Gasteiger partial charge in [-0.1, -0.05) is 12.1 Å². The minimum atomic E-state index is -1.09. The molecule has 1 atom stereocenters. The summed E-state index contributed by atoms with van der Waals surface area (Å²) >= 11 is 0. The number of rotatable bonds is 2. The molecule has 6 nitrogen and oxygen atoms in total. The predicted octanol–water partition coefficient (Wildman–Crippen LogP) is 0.626. The van der Waals surface area contributed by atoms with E-state index in [-0.39, 0.29) is 30.4 Å². The first-order valence-corrected chi connectivity index (χ1v) is 5.93. The zero-order valence-electron chi connectivity index (χ0n) is 10.5. The summed E-state index contributed by atoms with van der Waals surface area (Å²) in [5.74, 6) is -1.53. The van der Waals surface area contributed by atoms with Gasteiger partial charge in [-0.2, -0.15) is 0 Å². The summed E-state index contributed by atoms with van der Waals surface area (Å²) < 4.78 is 5.05. The third kappa shape index (κ3) is 2.68. The number of ether oxygens (including phenoxy) is 1. The molecular formula is C13H15NO5. The highest BCUT2D eigenvalue weighted by atomic mass is 16.5. The van der Waals surface area contributed by atoms with Gasteiger partial charge < -0.3 is 19.8 Å². The molecule has 0 radical (unpaired) electrons. The van der Waals surface area contributed by atoms with Gasteiger partial charge in [0.2, 0.25) is 0 Å². The number of carbonyl (C=O) groups excluding carboxylic acids is 1. The monoisotopic (exact) mass is 265 g/mol. The Balaban J connectivity index is 2.19. The van der Waals surface area contributed by atoms with Gasteiger partial charge in [0.05, 0.1) is 18.7 Å². The van der Waals surface area contributed by atoms with Crippen LogP contribution in [0.3, 0.4) is 0 Å². The first-order valence-electron chi connectivity index (χ1n) is 5.93. The molecule has 2 N–H and O–H groups in total. The van der Waals surface area contributed by atoms with E-state index < -0.39 is 12.1 Å². The molecule has 1 aromatic rings. The first-order chi connectivity index (χ1) is 9.00. The fourth-order valence-electron chi connectivity index (χ4n) is 1.99. The lowest BCUT2D eigenvalue weighted by atomic mass is 10.1. The standard InChI is InChI=1S/C13H15NO5/c1-8-3-2-4-9(11(8)15)12(16)14-5-6-19-10(7-14)13(17)18/h2-4,10,15H,5-7H2,1H3,(H,17,18). The van der Waals surface area contributed by atoms with Gasteiger partial charge in [-0.25, -0.2) is 4.79 Å². The van der Waals surface area contributed by atoms with E-state index in [9.17, 15) is 14.7 Å². The van der Waals surface area contributed by atoms with Gasteiger partial charge in [0.1, 0.15) is 5.75 Å². The molecule has 0 saturated carbocycles. The number of aryl methyl sites for hydroxylation is 1. The number of carbonyl (C=O) groups is 2. The summed E-state index contributed by atoms with van der Waals surface area (Å²) in [5, 5.41) is 18.8. The van der Waals surface area contributed by atoms with Crippen LogP contribution in [0, 0.1) is 6.92 Å². The molecule has 0 spiro atoms. The van der Waals surface area contributed by atoms with E-state index in [1.807, 2.05) is 0 Å². The second-order valence-electron chi connectivity index (χ2n) is 4.42. The smallest absolute Gasteiger partial charge is 0.334 e. The van der Waals surface area contributed by atoms with Crippen LogP contribution in [0.4, 0.5) is 0 Å². The molecule has 1 heterocycles. The number of morpholine rings is 1. The fraction of sp³-hybridized carbons (Fsp3) is 0.385. The van der Waals surface area contributed by atoms with Crippen molar-refractivity contribution < 1.29 is 24.5 Å². The van der Waals surface area contributed by atoms with E-state index in [1.165, 1.54) is 11.0 Å². The molecule has 0 bridgehead atoms. The van der Waals surface area contributed by atoms with Crippen LogP contribution in [0.5, 0.6) is 5.75 Å². The largest absolute Gasteiger partial charge is 0.507 e. The van der Waals surface area contributed by atoms with E-state index in [0.717, 1.165) is 0 Å². The second kappa shape index (κ2) is 5.27. The van der Waals surface area contributed by atoms with Crippen LogP contribution in [-0.4, -0.2) is 52.8 Å². The molecule has 1 saturated heterocycles. The molecule has 1 aromatic carbocycles. The lowest BCUT2D eigenvalue weighted by Gasteiger charge is -2.31. The maximum atomic E-state index is 12.3. The number of phenolic OH excluding ortho intramolecular Hbond substituents is 1. The first kappa shape index (κ1) is 13.4. The Morgan fingerprint density at radius 1 is 1.42 bits per heavy atom. The third-order valence-corrected chi connectivity index (χ3v) is 3.10. The van der Waals surface area contributed by atoms with E-state index in [4.69, 9.17) is 9.84 Å². The summed E-state index contributed by atoms with van der Waals surface area (Å²) in [5.41, 5.74) is 0.792. The highest BCUT2D eigenvalue weighted by Crippen LogP contribution is 2.23. The van der Waals surface area contributed by atoms with Crippen molar-refractivity contribution in [3.63, 3.8) is 0 Å². The number of aromatic hydroxyl groups is 1. The van der Waals surface area contributed by atoms with Crippen molar-refractivity contribution >= 4 is 11.9 Å². The van der Waals surface area contributed by atoms with Crippen LogP contribution < -0.4 is 0 Å². The van der Waals surface area contributed by atoms with E-state index >= 15 is 0 Å². The molecule has 6 heteroatoms. The molecule has 1 aliphatic rings. The quantitative estimate of drug-likeness (QED) is 0.818. The zero-order valence-corrected chi connectivity index (χ0v) is 10.5. The van der Waals surface area contributed by atoms with Crippen LogP contribution >= 0.6 is 0 Å². The van der Waals surface area contributed by atoms with Gasteiger partial charge in [-0.15, -0.1) is 0 Å². The average Bonchev–Trinajstić information content (AvgIpc) is 2.41. The van der Waals surface area contributed by atoms with Gasteiger partial charge in [0.15, 0.2) is 6.10 Å². The van der Waals surface area contributed by atoms with Crippen LogP contribution in [0.15, 0.2) is 18.2 Å². The fourth-order valence-corrected chi connectivity index (χ4v) is 1.99. The summed E-state index contributed by atoms with van der Waals surface area (Å²) in [6, 6.07) is 4.90. The Labute approximate surface area is 110 Å². The minimum absolute atomic E-state index is 0.0124. The van der Waals surface area contributed by atoms with Crippen LogP contribution in [-0.2, 0) is 9.53 Å². The van der Waals surface area contributed by atoms with E-state index in [2.05, 4.69) is 0 Å². The van der Waals surface area contributed by atoms with Crippen LogP contribution in [0.1, 0.15) is 15.9 Å². The Bertz CT molecular complexity index is 514. The van der Waals surface area contributed by atoms with Crippen molar-refractivity contribution in [2.75, 3.05) is 19.7 Å². The normalized spacial score (nSPS) is 19.2. The number of benzene rings is 1. The van der Waals surface area contributed by atoms with Gasteiger partial charge in [-0.05, 0) is 18.6 Å². The molecule has 102 valence electrons. The summed E-state index contributed by atoms with van der Waals surface area (Å²) in [7, 11) is 0. The van der Waals surface area contributed by atoms with Gasteiger partial charge >= 0.3 is 5.97 Å². The number of nitrogens with zero attached hydrogens (tertiary/aromatic N) is 1. The molecule has 1 unspecified atom stereocenters. The molecular weight excluding hydrogens is 250 g/mol. The van der Waals surface area contributed by atoms with E-state index in [0.29, 0.717) is 12.1 Å². The van der Waals surface area contributed by atoms with Crippen molar-refractivity contribution in [1.29, 1.82) is 0 Å². The number of carboxylic acid groups (broad SMARTS) is 1. The highest BCUT2D eigenvalue weighted by molar-refractivity contribution is 5.97. The summed E-state index contributed by atoms with van der Waals surface area (Å²) in [4.78, 5) is 24.5. The van der Waals surface area contributed by atoms with Gasteiger partial charge in [0, 0.05) is 6.54 Å². The minimum Gasteiger partial charge on any atom is -0.507 e. The Morgan fingerprint density at radius 3 is 2.84 bits per heavy atom. The zero-order chi connectivity index (χ0) is 14.0. The Kier molecular flexibility index (Phi) is 3.71. The molecule has 0 aliphatic carbocycles. The topological polar surface area (TPSA) is 87.1 Å². The maximum absolute atomic E-state index is 12.3. The highest BCUT2D eigenvalue weighted by Gasteiger charge is 2.30. The number of aliphatic carboxylic acids is 1. The number of phenols is 1. The lowest BCUT2D eigenvalue weighted by Crippen LogP contribution is -2.48. The molecule has 1 amide bonds. The summed E-state index contributed by atoms with van der Waals surface area (Å²) in [6.07, 6.45) is -1.01. The van der Waals surface area contributed by atoms with Crippen molar-refractivity contribution in [2.45, 2.75) is 13.0 Å². The third-order valence-electron chi connectivity index (χ3n) is 3.10. The van der Waals surface area contributed by atoms with Crippen molar-refractivity contribution in [1.82, 2.24) is 4.90 Å². The van der Waals surface area contributed by atoms with E-state index in [1.54, 1.807) is 19.1 Å². The molecule has 1 fully saturated rings. The molecule has 1 aliphatic heterocycles. The second-order valence-corrected chi connectivity index (χ2v) is 4.42. The van der Waals surface area contributed by atoms with Gasteiger partial charge in [-0.3, -0.25) is 4.79 Å². The molecule has 0 aromatic heterocycles. The van der Waals surface area contributed by atoms with Gasteiger partial charge in [0.25, 0.3) is 5.91 Å². The Morgan fingerprint density at radius 2 is 2.16 bits per heavy atom. The number of carboxylic acids is 1. The Hall–Kier alpha value is -2.08.